The summed E-state index contributed by atoms with van der Waals surface area (Å²) >= 11 is 0. The fourth-order valence-electron chi connectivity index (χ4n) is 4.91. The second kappa shape index (κ2) is 7.67. The Balaban J connectivity index is 1.39. The van der Waals surface area contributed by atoms with Gasteiger partial charge in [0.05, 0.1) is 22.8 Å². The van der Waals surface area contributed by atoms with Crippen LogP contribution in [-0.2, 0) is 13.6 Å². The van der Waals surface area contributed by atoms with Crippen LogP contribution in [-0.4, -0.2) is 60.3 Å². The van der Waals surface area contributed by atoms with Gasteiger partial charge in [-0.1, -0.05) is 0 Å². The third-order valence-electron chi connectivity index (χ3n) is 7.06. The van der Waals surface area contributed by atoms with Crippen molar-refractivity contribution in [1.82, 2.24) is 24.0 Å². The maximum atomic E-state index is 13.1. The molecule has 1 aliphatic carbocycles. The number of imidazole rings is 1. The van der Waals surface area contributed by atoms with E-state index in [9.17, 15) is 9.90 Å². The summed E-state index contributed by atoms with van der Waals surface area (Å²) < 4.78 is 4.38. The number of carbonyl (C=O) groups excluding carboxylic acids is 1. The van der Waals surface area contributed by atoms with Crippen LogP contribution in [0.1, 0.15) is 29.6 Å². The number of hydrogen-bond acceptors (Lipinski definition) is 5. The predicted octanol–water partition coefficient (Wildman–Crippen LogP) is 2.53. The Morgan fingerprint density at radius 2 is 2.06 bits per heavy atom. The molecule has 0 bridgehead atoms. The van der Waals surface area contributed by atoms with Crippen LogP contribution in [0.25, 0.3) is 33.6 Å². The maximum absolute atomic E-state index is 13.1. The molecule has 1 aliphatic heterocycles. The van der Waals surface area contributed by atoms with Gasteiger partial charge in [0, 0.05) is 49.9 Å². The Morgan fingerprint density at radius 3 is 2.85 bits per heavy atom. The summed E-state index contributed by atoms with van der Waals surface area (Å²) in [5.41, 5.74) is 10.4. The van der Waals surface area contributed by atoms with Gasteiger partial charge in [-0.15, -0.1) is 0 Å². The van der Waals surface area contributed by atoms with Crippen LogP contribution >= 0.6 is 0 Å². The first kappa shape index (κ1) is 20.4. The average molecular weight is 445 g/mol. The Morgan fingerprint density at radius 1 is 1.21 bits per heavy atom. The average Bonchev–Trinajstić information content (AvgIpc) is 3.49. The first-order chi connectivity index (χ1) is 16.0. The van der Waals surface area contributed by atoms with Gasteiger partial charge in [-0.25, -0.2) is 9.97 Å². The number of benzene rings is 1. The summed E-state index contributed by atoms with van der Waals surface area (Å²) in [6, 6.07) is 11.5. The summed E-state index contributed by atoms with van der Waals surface area (Å²) in [6.07, 6.45) is 4.32. The fraction of sp³-hybridized carbons (Fsp3) is 0.400. The number of piperidine rings is 1. The summed E-state index contributed by atoms with van der Waals surface area (Å²) in [6.45, 7) is 1.82. The van der Waals surface area contributed by atoms with Gasteiger partial charge >= 0.3 is 0 Å². The molecule has 4 aromatic rings. The van der Waals surface area contributed by atoms with Gasteiger partial charge in [0.1, 0.15) is 5.65 Å². The minimum Gasteiger partial charge on any atom is -0.391 e. The smallest absolute Gasteiger partial charge is 0.253 e. The van der Waals surface area contributed by atoms with Gasteiger partial charge < -0.3 is 24.9 Å². The molecule has 2 aliphatic rings. The zero-order valence-electron chi connectivity index (χ0n) is 18.7. The number of hydrogen-bond donors (Lipinski definition) is 2. The van der Waals surface area contributed by atoms with Crippen molar-refractivity contribution in [1.29, 1.82) is 0 Å². The highest BCUT2D eigenvalue weighted by molar-refractivity contribution is 5.98. The van der Waals surface area contributed by atoms with E-state index in [1.807, 2.05) is 37.5 Å². The van der Waals surface area contributed by atoms with E-state index in [4.69, 9.17) is 10.7 Å². The van der Waals surface area contributed by atoms with E-state index >= 15 is 0 Å². The van der Waals surface area contributed by atoms with Crippen LogP contribution in [0.15, 0.2) is 42.6 Å². The van der Waals surface area contributed by atoms with Crippen molar-refractivity contribution in [3.63, 3.8) is 0 Å². The summed E-state index contributed by atoms with van der Waals surface area (Å²) in [5.74, 6) is 1.50. The number of aliphatic hydroxyl groups is 1. The quantitative estimate of drug-likeness (QED) is 0.504. The number of rotatable bonds is 4. The molecule has 8 nitrogen and oxygen atoms in total. The van der Waals surface area contributed by atoms with Crippen LogP contribution in [0.3, 0.4) is 0 Å². The topological polar surface area (TPSA) is 102 Å². The van der Waals surface area contributed by atoms with Crippen molar-refractivity contribution in [3.05, 3.63) is 48.2 Å². The van der Waals surface area contributed by atoms with Gasteiger partial charge in [-0.3, -0.25) is 4.79 Å². The van der Waals surface area contributed by atoms with Gasteiger partial charge in [0.15, 0.2) is 5.82 Å². The first-order valence-electron chi connectivity index (χ1n) is 11.6. The Hall–Kier alpha value is -3.23. The maximum Gasteiger partial charge on any atom is 0.253 e. The lowest BCUT2D eigenvalue weighted by Crippen LogP contribution is -2.53. The molecule has 2 fully saturated rings. The highest BCUT2D eigenvalue weighted by Crippen LogP contribution is 2.36. The molecule has 2 atom stereocenters. The molecule has 6 rings (SSSR count). The number of aryl methyl sites for hydroxylation is 1. The van der Waals surface area contributed by atoms with E-state index in [0.717, 1.165) is 40.1 Å². The Labute approximate surface area is 191 Å². The monoisotopic (exact) mass is 444 g/mol. The first-order valence-corrected chi connectivity index (χ1v) is 11.6. The molecule has 4 heterocycles. The molecule has 1 saturated carbocycles. The zero-order chi connectivity index (χ0) is 22.7. The van der Waals surface area contributed by atoms with Crippen LogP contribution in [0.4, 0.5) is 0 Å². The van der Waals surface area contributed by atoms with Crippen LogP contribution in [0.5, 0.6) is 0 Å². The molecule has 1 amide bonds. The minimum absolute atomic E-state index is 0.0708. The number of pyridine rings is 1. The van der Waals surface area contributed by atoms with Gasteiger partial charge in [-0.05, 0) is 61.6 Å². The molecule has 0 spiro atoms. The van der Waals surface area contributed by atoms with Crippen LogP contribution < -0.4 is 5.73 Å². The molecule has 0 unspecified atom stereocenters. The molecule has 3 aromatic heterocycles. The molecule has 33 heavy (non-hydrogen) atoms. The van der Waals surface area contributed by atoms with Gasteiger partial charge in [0.25, 0.3) is 5.91 Å². The minimum atomic E-state index is -0.549. The normalized spacial score (nSPS) is 21.2. The van der Waals surface area contributed by atoms with Crippen molar-refractivity contribution < 1.29 is 9.90 Å². The van der Waals surface area contributed by atoms with E-state index in [1.54, 1.807) is 4.90 Å². The van der Waals surface area contributed by atoms with Crippen molar-refractivity contribution in [2.45, 2.75) is 38.0 Å². The Kier molecular flexibility index (Phi) is 4.74. The Bertz CT molecular complexity index is 1370. The van der Waals surface area contributed by atoms with Gasteiger partial charge in [0.2, 0.25) is 0 Å². The zero-order valence-corrected chi connectivity index (χ0v) is 18.7. The van der Waals surface area contributed by atoms with Gasteiger partial charge in [-0.2, -0.15) is 0 Å². The number of nitrogens with zero attached hydrogens (tertiary/aromatic N) is 5. The van der Waals surface area contributed by atoms with E-state index in [0.29, 0.717) is 31.0 Å². The lowest BCUT2D eigenvalue weighted by molar-refractivity contribution is 0.0459. The third kappa shape index (κ3) is 3.50. The van der Waals surface area contributed by atoms with E-state index in [2.05, 4.69) is 26.3 Å². The number of aliphatic hydroxyl groups excluding tert-OH is 1. The van der Waals surface area contributed by atoms with Crippen molar-refractivity contribution in [2.75, 3.05) is 13.1 Å². The van der Waals surface area contributed by atoms with E-state index < -0.39 is 12.1 Å². The number of fused-ring (bicyclic) bond motifs is 2. The number of amides is 1. The fourth-order valence-corrected chi connectivity index (χ4v) is 4.91. The third-order valence-corrected chi connectivity index (χ3v) is 7.06. The molecule has 0 radical (unpaired) electrons. The lowest BCUT2D eigenvalue weighted by atomic mass is 10.0. The molecular weight excluding hydrogens is 416 g/mol. The van der Waals surface area contributed by atoms with Crippen molar-refractivity contribution in [3.8, 4) is 11.5 Å². The molecule has 1 saturated heterocycles. The van der Waals surface area contributed by atoms with Crippen molar-refractivity contribution in [2.24, 2.45) is 18.7 Å². The standard InChI is InChI=1S/C25H28N6O2/c1-29-20-7-6-17(25(33)30-10-8-22(32)18(26)14-30)11-19(20)28-24(29)21-12-16-3-2-9-27-23(16)31(21)13-15-4-5-15/h2-3,6-7,9,11-12,15,18,22,32H,4-5,8,10,13-14,26H2,1H3/t18-,22+/m0/s1. The largest absolute Gasteiger partial charge is 0.391 e. The molecule has 170 valence electrons. The second-order valence-electron chi connectivity index (χ2n) is 9.47. The molecular formula is C25H28N6O2. The summed E-state index contributed by atoms with van der Waals surface area (Å²) in [4.78, 5) is 24.4. The van der Waals surface area contributed by atoms with E-state index in [1.165, 1.54) is 12.8 Å². The summed E-state index contributed by atoms with van der Waals surface area (Å²) in [7, 11) is 2.02. The molecule has 3 N–H and O–H groups in total. The lowest BCUT2D eigenvalue weighted by Gasteiger charge is -2.34. The number of likely N-dealkylation sites (tertiary alicyclic amines) is 1. The molecule has 8 heteroatoms. The summed E-state index contributed by atoms with van der Waals surface area (Å²) in [5, 5.41) is 11.0. The highest BCUT2D eigenvalue weighted by Gasteiger charge is 2.29. The van der Waals surface area contributed by atoms with Crippen molar-refractivity contribution >= 4 is 28.0 Å². The highest BCUT2D eigenvalue weighted by atomic mass is 16.3. The van der Waals surface area contributed by atoms with Crippen LogP contribution in [0.2, 0.25) is 0 Å². The van der Waals surface area contributed by atoms with Crippen LogP contribution in [0, 0.1) is 5.92 Å². The SMILES string of the molecule is Cn1c(-c2cc3cccnc3n2CC2CC2)nc2cc(C(=O)N3CC[C@@H](O)[C@@H](N)C3)ccc21. The molecule has 1 aromatic carbocycles. The second-order valence-corrected chi connectivity index (χ2v) is 9.47. The van der Waals surface area contributed by atoms with E-state index in [-0.39, 0.29) is 5.91 Å². The number of carbonyl (C=O) groups is 1. The number of aromatic nitrogens is 4. The predicted molar refractivity (Wildman–Crippen MR) is 127 cm³/mol. The number of nitrogens with two attached hydrogens (primary N) is 1.